The first-order chi connectivity index (χ1) is 34.7. The van der Waals surface area contributed by atoms with Crippen molar-refractivity contribution in [3.63, 3.8) is 0 Å². The highest BCUT2D eigenvalue weighted by Crippen LogP contribution is 2.57. The summed E-state index contributed by atoms with van der Waals surface area (Å²) >= 11 is 1.88. The van der Waals surface area contributed by atoms with Crippen LogP contribution in [0.2, 0.25) is 0 Å². The molecule has 0 aliphatic heterocycles. The smallest absolute Gasteiger partial charge is 0.143 e. The van der Waals surface area contributed by atoms with E-state index in [2.05, 4.69) is 254 Å². The molecule has 0 radical (unpaired) electrons. The number of fused-ring (bicyclic) bond motifs is 9. The van der Waals surface area contributed by atoms with Crippen LogP contribution >= 0.6 is 11.3 Å². The molecule has 1 aliphatic carbocycles. The number of hydrogen-bond donors (Lipinski definition) is 0. The molecule has 0 fully saturated rings. The van der Waals surface area contributed by atoms with Crippen LogP contribution in [0.5, 0.6) is 0 Å². The van der Waals surface area contributed by atoms with Crippen LogP contribution in [-0.2, 0) is 5.41 Å². The normalized spacial score (nSPS) is 12.7. The van der Waals surface area contributed by atoms with Crippen molar-refractivity contribution < 1.29 is 4.42 Å². The predicted molar refractivity (Wildman–Crippen MR) is 295 cm³/mol. The van der Waals surface area contributed by atoms with Gasteiger partial charge in [0.1, 0.15) is 11.2 Å². The highest BCUT2D eigenvalue weighted by molar-refractivity contribution is 7.26. The average Bonchev–Trinajstić information content (AvgIpc) is 4.11. The Morgan fingerprint density at radius 2 is 0.829 bits per heavy atom. The number of nitrogens with zero attached hydrogens (tertiary/aromatic N) is 1. The summed E-state index contributed by atoms with van der Waals surface area (Å²) in [5, 5.41) is 4.90. The van der Waals surface area contributed by atoms with Crippen molar-refractivity contribution in [1.29, 1.82) is 0 Å². The van der Waals surface area contributed by atoms with Gasteiger partial charge in [-0.15, -0.1) is 11.3 Å². The van der Waals surface area contributed by atoms with Gasteiger partial charge in [0, 0.05) is 53.6 Å². The maximum absolute atomic E-state index is 6.50. The first kappa shape index (κ1) is 40.3. The van der Waals surface area contributed by atoms with E-state index in [4.69, 9.17) is 4.42 Å². The molecule has 70 heavy (non-hydrogen) atoms. The largest absolute Gasteiger partial charge is 0.455 e. The predicted octanol–water partition coefficient (Wildman–Crippen LogP) is 18.8. The van der Waals surface area contributed by atoms with Gasteiger partial charge in [-0.3, -0.25) is 0 Å². The fraction of sp³-hybridized carbons (Fsp3) is 0.0149. The molecular weight excluding hydrogens is 867 g/mol. The van der Waals surface area contributed by atoms with Crippen molar-refractivity contribution in [2.45, 2.75) is 5.41 Å². The van der Waals surface area contributed by atoms with Crippen molar-refractivity contribution in [2.24, 2.45) is 0 Å². The minimum Gasteiger partial charge on any atom is -0.455 e. The van der Waals surface area contributed by atoms with Crippen LogP contribution in [0.4, 0.5) is 17.1 Å². The first-order valence-electron chi connectivity index (χ1n) is 24.0. The summed E-state index contributed by atoms with van der Waals surface area (Å²) in [5.41, 5.74) is 19.2. The molecule has 14 rings (SSSR count). The topological polar surface area (TPSA) is 16.4 Å². The highest BCUT2D eigenvalue weighted by Gasteiger charge is 2.46. The van der Waals surface area contributed by atoms with Gasteiger partial charge < -0.3 is 9.32 Å². The molecule has 0 spiro atoms. The van der Waals surface area contributed by atoms with Gasteiger partial charge in [0.05, 0.1) is 5.41 Å². The average molecular weight is 910 g/mol. The van der Waals surface area contributed by atoms with E-state index in [1.807, 2.05) is 23.5 Å². The van der Waals surface area contributed by atoms with Crippen molar-refractivity contribution in [3.05, 3.63) is 283 Å². The summed E-state index contributed by atoms with van der Waals surface area (Å²) in [7, 11) is 0. The molecule has 1 aliphatic rings. The second kappa shape index (κ2) is 16.2. The van der Waals surface area contributed by atoms with Crippen LogP contribution < -0.4 is 4.90 Å². The number of hydrogen-bond acceptors (Lipinski definition) is 3. The lowest BCUT2D eigenvalue weighted by atomic mass is 9.68. The van der Waals surface area contributed by atoms with Gasteiger partial charge in [-0.25, -0.2) is 0 Å². The first-order valence-corrected chi connectivity index (χ1v) is 24.8. The molecular formula is C67H43NOS. The Balaban J connectivity index is 0.883. The van der Waals surface area contributed by atoms with Crippen LogP contribution in [0.25, 0.3) is 86.6 Å². The van der Waals surface area contributed by atoms with Crippen molar-refractivity contribution >= 4 is 70.5 Å². The van der Waals surface area contributed by atoms with E-state index >= 15 is 0 Å². The number of anilines is 3. The van der Waals surface area contributed by atoms with Crippen molar-refractivity contribution in [3.8, 4) is 44.5 Å². The lowest BCUT2D eigenvalue weighted by Gasteiger charge is -2.34. The van der Waals surface area contributed by atoms with Crippen LogP contribution in [0, 0.1) is 0 Å². The fourth-order valence-corrected chi connectivity index (χ4v) is 12.6. The van der Waals surface area contributed by atoms with Gasteiger partial charge in [-0.2, -0.15) is 0 Å². The molecule has 0 unspecified atom stereocenters. The molecule has 2 nitrogen and oxygen atoms in total. The van der Waals surface area contributed by atoms with E-state index in [1.165, 1.54) is 75.8 Å². The Morgan fingerprint density at radius 3 is 1.56 bits per heavy atom. The zero-order valence-electron chi connectivity index (χ0n) is 38.1. The third-order valence-corrected chi connectivity index (χ3v) is 15.8. The second-order valence-electron chi connectivity index (χ2n) is 18.3. The molecule has 0 saturated heterocycles. The number of thiophene rings is 1. The molecule has 0 saturated carbocycles. The summed E-state index contributed by atoms with van der Waals surface area (Å²) in [6.07, 6.45) is 0. The van der Waals surface area contributed by atoms with Crippen LogP contribution in [0.1, 0.15) is 22.3 Å². The summed E-state index contributed by atoms with van der Waals surface area (Å²) in [6, 6.07) is 95.4. The second-order valence-corrected chi connectivity index (χ2v) is 19.4. The van der Waals surface area contributed by atoms with Gasteiger partial charge >= 0.3 is 0 Å². The number of para-hydroxylation sites is 2. The van der Waals surface area contributed by atoms with E-state index in [0.717, 1.165) is 50.1 Å². The Morgan fingerprint density at radius 1 is 0.329 bits per heavy atom. The van der Waals surface area contributed by atoms with E-state index in [0.29, 0.717) is 0 Å². The van der Waals surface area contributed by atoms with Crippen molar-refractivity contribution in [1.82, 2.24) is 0 Å². The Hall–Kier alpha value is -8.76. The fourth-order valence-electron chi connectivity index (χ4n) is 11.4. The lowest BCUT2D eigenvalue weighted by molar-refractivity contribution is 0.670. The SMILES string of the molecule is c1ccc(C2(c3ccccc3)c3ccccc3-c3cc(N(c4ccc(-c5ccc(-c6cccc7c6sc6ccccc67)cc5)cc4)c4ccc(-c5cccc6c5oc5ccccc56)cc4)ccc32)cc1. The molecule has 13 aromatic rings. The van der Waals surface area contributed by atoms with E-state index < -0.39 is 5.41 Å². The molecule has 0 N–H and O–H groups in total. The standard InChI is InChI=1S/C67H43NOS/c1-3-15-48(16-4-1)67(49-17-5-2-6-18-49)61-26-10-7-19-55(61)60-43-52(41-42-62(60)67)68(51-39-35-46(36-40-51)53-22-13-24-58-56-20-8-11-27-63(56)69-65(53)58)50-37-33-45(34-38-50)44-29-31-47(32-30-44)54-23-14-25-59-57-21-9-12-28-64(57)70-66(54)59/h1-43H. The molecule has 328 valence electrons. The monoisotopic (exact) mass is 909 g/mol. The third-order valence-electron chi connectivity index (χ3n) is 14.6. The molecule has 2 aromatic heterocycles. The van der Waals surface area contributed by atoms with Crippen molar-refractivity contribution in [2.75, 3.05) is 4.90 Å². The summed E-state index contributed by atoms with van der Waals surface area (Å²) < 4.78 is 9.16. The maximum Gasteiger partial charge on any atom is 0.143 e. The Kier molecular flexibility index (Phi) is 9.33. The van der Waals surface area contributed by atoms with E-state index in [9.17, 15) is 0 Å². The summed E-state index contributed by atoms with van der Waals surface area (Å²) in [4.78, 5) is 2.40. The molecule has 0 amide bonds. The zero-order chi connectivity index (χ0) is 46.2. The minimum atomic E-state index is -0.473. The number of furan rings is 1. The summed E-state index contributed by atoms with van der Waals surface area (Å²) in [6.45, 7) is 0. The maximum atomic E-state index is 6.50. The van der Waals surface area contributed by atoms with Gasteiger partial charge in [0.25, 0.3) is 0 Å². The third kappa shape index (κ3) is 6.25. The Labute approximate surface area is 410 Å². The highest BCUT2D eigenvalue weighted by atomic mass is 32.1. The van der Waals surface area contributed by atoms with Crippen LogP contribution in [0.3, 0.4) is 0 Å². The quantitative estimate of drug-likeness (QED) is 0.151. The van der Waals surface area contributed by atoms with E-state index in [1.54, 1.807) is 0 Å². The van der Waals surface area contributed by atoms with Crippen LogP contribution in [-0.4, -0.2) is 0 Å². The van der Waals surface area contributed by atoms with E-state index in [-0.39, 0.29) is 0 Å². The van der Waals surface area contributed by atoms with Crippen LogP contribution in [0.15, 0.2) is 265 Å². The van der Waals surface area contributed by atoms with Gasteiger partial charge in [0.2, 0.25) is 0 Å². The number of rotatable bonds is 8. The Bertz CT molecular complexity index is 4050. The van der Waals surface area contributed by atoms with Gasteiger partial charge in [-0.05, 0) is 110 Å². The molecule has 2 heterocycles. The lowest BCUT2D eigenvalue weighted by Crippen LogP contribution is -2.28. The molecule has 0 atom stereocenters. The van der Waals surface area contributed by atoms with Gasteiger partial charge in [0.15, 0.2) is 0 Å². The molecule has 3 heteroatoms. The zero-order valence-corrected chi connectivity index (χ0v) is 38.9. The minimum absolute atomic E-state index is 0.473. The molecule has 0 bridgehead atoms. The molecule has 11 aromatic carbocycles. The number of benzene rings is 11. The van der Waals surface area contributed by atoms with Gasteiger partial charge in [-0.1, -0.05) is 212 Å². The summed E-state index contributed by atoms with van der Waals surface area (Å²) in [5.74, 6) is 0.